The van der Waals surface area contributed by atoms with Gasteiger partial charge in [0.05, 0.1) is 4.90 Å². The molecule has 0 unspecified atom stereocenters. The zero-order valence-corrected chi connectivity index (χ0v) is 15.0. The molecule has 21 heavy (non-hydrogen) atoms. The first-order chi connectivity index (χ1) is 9.84. The van der Waals surface area contributed by atoms with Gasteiger partial charge in [-0.25, -0.2) is 8.42 Å². The Morgan fingerprint density at radius 1 is 1.05 bits per heavy atom. The zero-order chi connectivity index (χ0) is 16.0. The number of aryl methyl sites for hydroxylation is 3. The third kappa shape index (κ3) is 4.70. The van der Waals surface area contributed by atoms with Gasteiger partial charge in [-0.3, -0.25) is 0 Å². The van der Waals surface area contributed by atoms with Gasteiger partial charge in [-0.05, 0) is 44.7 Å². The number of hydrogen-bond donors (Lipinski definition) is 0. The van der Waals surface area contributed by atoms with E-state index in [1.54, 1.807) is 4.31 Å². The topological polar surface area (TPSA) is 37.4 Å². The normalized spacial score (nSPS) is 12.1. The maximum absolute atomic E-state index is 12.9. The van der Waals surface area contributed by atoms with Crippen LogP contribution in [0, 0.1) is 20.8 Å². The highest BCUT2D eigenvalue weighted by Crippen LogP contribution is 2.25. The van der Waals surface area contributed by atoms with E-state index in [2.05, 4.69) is 0 Å². The molecule has 0 aromatic heterocycles. The van der Waals surface area contributed by atoms with E-state index >= 15 is 0 Å². The lowest BCUT2D eigenvalue weighted by Crippen LogP contribution is -2.32. The van der Waals surface area contributed by atoms with Crippen molar-refractivity contribution in [1.82, 2.24) is 4.31 Å². The molecule has 0 N–H and O–H groups in total. The van der Waals surface area contributed by atoms with E-state index in [1.165, 1.54) is 0 Å². The van der Waals surface area contributed by atoms with Crippen LogP contribution in [0.1, 0.15) is 42.9 Å². The van der Waals surface area contributed by atoms with E-state index in [-0.39, 0.29) is 0 Å². The fourth-order valence-electron chi connectivity index (χ4n) is 2.71. The van der Waals surface area contributed by atoms with Gasteiger partial charge >= 0.3 is 0 Å². The van der Waals surface area contributed by atoms with Crippen LogP contribution in [0.4, 0.5) is 0 Å². The second-order valence-electron chi connectivity index (χ2n) is 5.47. The Hall–Kier alpha value is -0.580. The molecule has 0 amide bonds. The summed E-state index contributed by atoms with van der Waals surface area (Å²) in [6, 6.07) is 3.86. The van der Waals surface area contributed by atoms with Crippen LogP contribution in [0.15, 0.2) is 17.0 Å². The highest BCUT2D eigenvalue weighted by molar-refractivity contribution is 7.89. The van der Waals surface area contributed by atoms with Crippen molar-refractivity contribution in [1.29, 1.82) is 0 Å². The molecule has 0 aliphatic rings. The number of benzene rings is 1. The van der Waals surface area contributed by atoms with Crippen molar-refractivity contribution in [2.24, 2.45) is 0 Å². The predicted molar refractivity (Wildman–Crippen MR) is 89.7 cm³/mol. The first kappa shape index (κ1) is 18.5. The smallest absolute Gasteiger partial charge is 0.207 e. The maximum atomic E-state index is 12.9. The van der Waals surface area contributed by atoms with Gasteiger partial charge in [-0.1, -0.05) is 31.0 Å². The van der Waals surface area contributed by atoms with Crippen LogP contribution >= 0.6 is 11.6 Å². The molecule has 0 fully saturated rings. The van der Waals surface area contributed by atoms with Crippen LogP contribution in [0.3, 0.4) is 0 Å². The molecule has 3 nitrogen and oxygen atoms in total. The highest BCUT2D eigenvalue weighted by Gasteiger charge is 2.26. The summed E-state index contributed by atoms with van der Waals surface area (Å²) in [5, 5.41) is 0. The quantitative estimate of drug-likeness (QED) is 0.532. The van der Waals surface area contributed by atoms with Gasteiger partial charge in [0.2, 0.25) is 10.0 Å². The summed E-state index contributed by atoms with van der Waals surface area (Å²) in [5.74, 6) is 0.634. The third-order valence-corrected chi connectivity index (χ3v) is 6.14. The van der Waals surface area contributed by atoms with E-state index in [0.29, 0.717) is 23.9 Å². The van der Waals surface area contributed by atoms with E-state index in [0.717, 1.165) is 36.0 Å². The summed E-state index contributed by atoms with van der Waals surface area (Å²) in [7, 11) is -3.42. The van der Waals surface area contributed by atoms with Gasteiger partial charge in [0.15, 0.2) is 0 Å². The van der Waals surface area contributed by atoms with Crippen LogP contribution in [-0.2, 0) is 10.0 Å². The Balaban J connectivity index is 3.02. The summed E-state index contributed by atoms with van der Waals surface area (Å²) < 4.78 is 27.3. The molecule has 0 radical (unpaired) electrons. The minimum Gasteiger partial charge on any atom is -0.207 e. The molecule has 0 saturated carbocycles. The lowest BCUT2D eigenvalue weighted by atomic mass is 10.1. The van der Waals surface area contributed by atoms with Crippen LogP contribution in [0.5, 0.6) is 0 Å². The minimum absolute atomic E-state index is 0.465. The summed E-state index contributed by atoms with van der Waals surface area (Å²) in [5.41, 5.74) is 2.74. The Kier molecular flexibility index (Phi) is 7.17. The Morgan fingerprint density at radius 2 is 1.62 bits per heavy atom. The monoisotopic (exact) mass is 331 g/mol. The van der Waals surface area contributed by atoms with E-state index in [4.69, 9.17) is 11.6 Å². The molecule has 5 heteroatoms. The standard InChI is InChI=1S/C16H26ClNO2S/c1-5-18(10-8-6-7-9-17)21(19,20)16-14(3)11-13(2)12-15(16)4/h11-12H,5-10H2,1-4H3. The fraction of sp³-hybridized carbons (Fsp3) is 0.625. The lowest BCUT2D eigenvalue weighted by Gasteiger charge is -2.23. The van der Waals surface area contributed by atoms with Crippen LogP contribution < -0.4 is 0 Å². The molecular formula is C16H26ClNO2S. The molecule has 0 aliphatic heterocycles. The SMILES string of the molecule is CCN(CCCCCCl)S(=O)(=O)c1c(C)cc(C)cc1C. The van der Waals surface area contributed by atoms with Gasteiger partial charge in [-0.2, -0.15) is 4.31 Å². The van der Waals surface area contributed by atoms with Crippen molar-refractivity contribution < 1.29 is 8.42 Å². The van der Waals surface area contributed by atoms with E-state index in [1.807, 2.05) is 39.8 Å². The first-order valence-corrected chi connectivity index (χ1v) is 9.46. The molecule has 0 bridgehead atoms. The number of unbranched alkanes of at least 4 members (excludes halogenated alkanes) is 2. The maximum Gasteiger partial charge on any atom is 0.243 e. The van der Waals surface area contributed by atoms with Crippen molar-refractivity contribution in [3.63, 3.8) is 0 Å². The average Bonchev–Trinajstić information content (AvgIpc) is 2.36. The van der Waals surface area contributed by atoms with Crippen molar-refractivity contribution in [3.05, 3.63) is 28.8 Å². The van der Waals surface area contributed by atoms with E-state index < -0.39 is 10.0 Å². The number of alkyl halides is 1. The first-order valence-electron chi connectivity index (χ1n) is 7.48. The van der Waals surface area contributed by atoms with E-state index in [9.17, 15) is 8.42 Å². The number of hydrogen-bond acceptors (Lipinski definition) is 2. The molecule has 0 aliphatic carbocycles. The molecule has 0 spiro atoms. The fourth-order valence-corrected chi connectivity index (χ4v) is 4.80. The number of sulfonamides is 1. The number of halogens is 1. The van der Waals surface area contributed by atoms with Gasteiger partial charge in [-0.15, -0.1) is 11.6 Å². The van der Waals surface area contributed by atoms with Crippen molar-refractivity contribution in [3.8, 4) is 0 Å². The Labute approximate surface area is 134 Å². The largest absolute Gasteiger partial charge is 0.243 e. The Morgan fingerprint density at radius 3 is 2.10 bits per heavy atom. The second-order valence-corrected chi connectivity index (χ2v) is 7.73. The molecule has 0 saturated heterocycles. The highest BCUT2D eigenvalue weighted by atomic mass is 35.5. The van der Waals surface area contributed by atoms with Gasteiger partial charge in [0.25, 0.3) is 0 Å². The Bertz CT molecular complexity index is 547. The predicted octanol–water partition coefficient (Wildman–Crippen LogP) is 4.03. The molecule has 1 aromatic rings. The number of nitrogens with zero attached hydrogens (tertiary/aromatic N) is 1. The average molecular weight is 332 g/mol. The number of rotatable bonds is 8. The van der Waals surface area contributed by atoms with Crippen LogP contribution in [0.25, 0.3) is 0 Å². The summed E-state index contributed by atoms with van der Waals surface area (Å²) >= 11 is 5.66. The van der Waals surface area contributed by atoms with Gasteiger partial charge in [0.1, 0.15) is 0 Å². The molecule has 0 heterocycles. The molecule has 1 rings (SSSR count). The summed E-state index contributed by atoms with van der Waals surface area (Å²) in [4.78, 5) is 0.465. The van der Waals surface area contributed by atoms with Crippen LogP contribution in [-0.4, -0.2) is 31.7 Å². The van der Waals surface area contributed by atoms with Crippen molar-refractivity contribution in [2.45, 2.75) is 51.9 Å². The van der Waals surface area contributed by atoms with Gasteiger partial charge < -0.3 is 0 Å². The minimum atomic E-state index is -3.42. The van der Waals surface area contributed by atoms with Crippen molar-refractivity contribution >= 4 is 21.6 Å². The summed E-state index contributed by atoms with van der Waals surface area (Å²) in [6.07, 6.45) is 2.74. The molecular weight excluding hydrogens is 306 g/mol. The third-order valence-electron chi connectivity index (χ3n) is 3.60. The molecule has 120 valence electrons. The molecule has 0 atom stereocenters. The zero-order valence-electron chi connectivity index (χ0n) is 13.4. The van der Waals surface area contributed by atoms with Gasteiger partial charge in [0, 0.05) is 19.0 Å². The molecule has 1 aromatic carbocycles. The van der Waals surface area contributed by atoms with Crippen molar-refractivity contribution in [2.75, 3.05) is 19.0 Å². The summed E-state index contributed by atoms with van der Waals surface area (Å²) in [6.45, 7) is 8.67. The van der Waals surface area contributed by atoms with Crippen LogP contribution in [0.2, 0.25) is 0 Å². The lowest BCUT2D eigenvalue weighted by molar-refractivity contribution is 0.414. The second kappa shape index (κ2) is 8.16.